The molecule has 0 aliphatic rings. The average molecular weight is 289 g/mol. The number of hydrogen-bond donors (Lipinski definition) is 2. The molecule has 0 aliphatic heterocycles. The van der Waals surface area contributed by atoms with E-state index in [9.17, 15) is 13.6 Å². The number of benzene rings is 1. The number of thioether (sulfide) groups is 1. The molecule has 0 radical (unpaired) electrons. The third-order valence-corrected chi connectivity index (χ3v) is 3.50. The monoisotopic (exact) mass is 289 g/mol. The van der Waals surface area contributed by atoms with Crippen LogP contribution < -0.4 is 5.32 Å². The summed E-state index contributed by atoms with van der Waals surface area (Å²) >= 11 is 1.03. The van der Waals surface area contributed by atoms with Crippen LogP contribution in [0.1, 0.15) is 19.8 Å². The number of aliphatic hydroxyl groups excluding tert-OH is 1. The summed E-state index contributed by atoms with van der Waals surface area (Å²) in [7, 11) is 0. The molecule has 1 rings (SSSR count). The van der Waals surface area contributed by atoms with Gasteiger partial charge >= 0.3 is 0 Å². The largest absolute Gasteiger partial charge is 0.396 e. The highest BCUT2D eigenvalue weighted by atomic mass is 32.2. The van der Waals surface area contributed by atoms with E-state index in [1.807, 2.05) is 6.92 Å². The summed E-state index contributed by atoms with van der Waals surface area (Å²) in [6.07, 6.45) is 1.32. The fourth-order valence-corrected chi connectivity index (χ4v) is 2.25. The van der Waals surface area contributed by atoms with E-state index in [0.717, 1.165) is 23.9 Å². The number of aliphatic hydroxyl groups is 1. The molecule has 1 aromatic carbocycles. The van der Waals surface area contributed by atoms with Gasteiger partial charge in [0, 0.05) is 23.6 Å². The molecule has 1 amide bonds. The van der Waals surface area contributed by atoms with E-state index in [0.29, 0.717) is 12.8 Å². The Morgan fingerprint density at radius 1 is 1.47 bits per heavy atom. The van der Waals surface area contributed by atoms with Gasteiger partial charge < -0.3 is 10.4 Å². The lowest BCUT2D eigenvalue weighted by atomic mass is 10.2. The maximum atomic E-state index is 13.3. The lowest BCUT2D eigenvalue weighted by Gasteiger charge is -2.13. The molecule has 1 unspecified atom stereocenters. The van der Waals surface area contributed by atoms with Crippen LogP contribution in [0.3, 0.4) is 0 Å². The summed E-state index contributed by atoms with van der Waals surface area (Å²) in [6, 6.07) is 3.24. The normalized spacial score (nSPS) is 12.2. The highest BCUT2D eigenvalue weighted by Crippen LogP contribution is 2.22. The molecule has 0 saturated heterocycles. The van der Waals surface area contributed by atoms with Crippen molar-refractivity contribution in [2.24, 2.45) is 0 Å². The van der Waals surface area contributed by atoms with Crippen LogP contribution in [0.5, 0.6) is 0 Å². The number of rotatable bonds is 7. The Kier molecular flexibility index (Phi) is 6.80. The number of amides is 1. The molecule has 0 fully saturated rings. The molecule has 0 aromatic heterocycles. The van der Waals surface area contributed by atoms with E-state index in [1.54, 1.807) is 0 Å². The Hall–Kier alpha value is -1.14. The fraction of sp³-hybridized carbons (Fsp3) is 0.462. The lowest BCUT2D eigenvalue weighted by Crippen LogP contribution is -2.33. The van der Waals surface area contributed by atoms with Gasteiger partial charge in [-0.15, -0.1) is 11.8 Å². The number of halogens is 2. The highest BCUT2D eigenvalue weighted by Gasteiger charge is 2.10. The van der Waals surface area contributed by atoms with Crippen molar-refractivity contribution in [1.82, 2.24) is 5.32 Å². The van der Waals surface area contributed by atoms with Crippen LogP contribution in [0, 0.1) is 11.6 Å². The van der Waals surface area contributed by atoms with Gasteiger partial charge in [0.15, 0.2) is 0 Å². The minimum atomic E-state index is -0.661. The van der Waals surface area contributed by atoms with Gasteiger partial charge in [-0.3, -0.25) is 4.79 Å². The van der Waals surface area contributed by atoms with Crippen molar-refractivity contribution in [2.75, 3.05) is 12.4 Å². The van der Waals surface area contributed by atoms with Crippen molar-refractivity contribution in [1.29, 1.82) is 0 Å². The molecule has 106 valence electrons. The van der Waals surface area contributed by atoms with Crippen molar-refractivity contribution in [3.63, 3.8) is 0 Å². The summed E-state index contributed by atoms with van der Waals surface area (Å²) in [5, 5.41) is 11.4. The van der Waals surface area contributed by atoms with Crippen molar-refractivity contribution in [3.05, 3.63) is 29.8 Å². The maximum absolute atomic E-state index is 13.3. The predicted octanol–water partition coefficient (Wildman–Crippen LogP) is 2.33. The molecular weight excluding hydrogens is 272 g/mol. The Morgan fingerprint density at radius 2 is 2.21 bits per heavy atom. The standard InChI is InChI=1S/C13H17F2NO2S/c1-9(3-2-6-17)16-13(18)8-19-12-5-4-10(14)7-11(12)15/h4-5,7,9,17H,2-3,6,8H2,1H3,(H,16,18). The summed E-state index contributed by atoms with van der Waals surface area (Å²) in [6.45, 7) is 1.94. The third kappa shape index (κ3) is 6.02. The first kappa shape index (κ1) is 15.9. The van der Waals surface area contributed by atoms with Crippen LogP contribution in [0.2, 0.25) is 0 Å². The van der Waals surface area contributed by atoms with E-state index in [2.05, 4.69) is 5.32 Å². The molecule has 1 atom stereocenters. The van der Waals surface area contributed by atoms with Crippen molar-refractivity contribution < 1.29 is 18.7 Å². The van der Waals surface area contributed by atoms with Gasteiger partial charge in [-0.25, -0.2) is 8.78 Å². The van der Waals surface area contributed by atoms with Gasteiger partial charge in [-0.05, 0) is 31.9 Å². The molecule has 0 heterocycles. The predicted molar refractivity (Wildman–Crippen MR) is 71.0 cm³/mol. The van der Waals surface area contributed by atoms with Gasteiger partial charge in [0.2, 0.25) is 5.91 Å². The summed E-state index contributed by atoms with van der Waals surface area (Å²) in [5.41, 5.74) is 0. The van der Waals surface area contributed by atoms with E-state index in [-0.39, 0.29) is 29.2 Å². The SMILES string of the molecule is CC(CCCO)NC(=O)CSc1ccc(F)cc1F. The van der Waals surface area contributed by atoms with E-state index in [1.165, 1.54) is 6.07 Å². The van der Waals surface area contributed by atoms with Crippen LogP contribution >= 0.6 is 11.8 Å². The molecule has 0 saturated carbocycles. The van der Waals surface area contributed by atoms with Crippen LogP contribution in [0.25, 0.3) is 0 Å². The maximum Gasteiger partial charge on any atom is 0.230 e. The number of carbonyl (C=O) groups is 1. The van der Waals surface area contributed by atoms with Crippen molar-refractivity contribution in [2.45, 2.75) is 30.7 Å². The fourth-order valence-electron chi connectivity index (χ4n) is 1.52. The van der Waals surface area contributed by atoms with Crippen molar-refractivity contribution in [3.8, 4) is 0 Å². The summed E-state index contributed by atoms with van der Waals surface area (Å²) < 4.78 is 26.0. The van der Waals surface area contributed by atoms with Gasteiger partial charge in [-0.1, -0.05) is 0 Å². The van der Waals surface area contributed by atoms with E-state index >= 15 is 0 Å². The minimum absolute atomic E-state index is 0.0293. The van der Waals surface area contributed by atoms with Crippen LogP contribution in [0.15, 0.2) is 23.1 Å². The lowest BCUT2D eigenvalue weighted by molar-refractivity contribution is -0.119. The topological polar surface area (TPSA) is 49.3 Å². The first-order valence-electron chi connectivity index (χ1n) is 6.01. The highest BCUT2D eigenvalue weighted by molar-refractivity contribution is 8.00. The van der Waals surface area contributed by atoms with Crippen molar-refractivity contribution >= 4 is 17.7 Å². The zero-order valence-electron chi connectivity index (χ0n) is 10.7. The molecule has 0 aliphatic carbocycles. The van der Waals surface area contributed by atoms with Crippen LogP contribution in [-0.2, 0) is 4.79 Å². The average Bonchev–Trinajstić information content (AvgIpc) is 2.35. The second kappa shape index (κ2) is 8.12. The Morgan fingerprint density at radius 3 is 2.84 bits per heavy atom. The second-order valence-corrected chi connectivity index (χ2v) is 5.21. The van der Waals surface area contributed by atoms with Gasteiger partial charge in [-0.2, -0.15) is 0 Å². The molecule has 3 nitrogen and oxygen atoms in total. The smallest absolute Gasteiger partial charge is 0.230 e. The minimum Gasteiger partial charge on any atom is -0.396 e. The van der Waals surface area contributed by atoms with Gasteiger partial charge in [0.05, 0.1) is 5.75 Å². The third-order valence-electron chi connectivity index (χ3n) is 2.46. The Balaban J connectivity index is 2.37. The molecule has 1 aromatic rings. The van der Waals surface area contributed by atoms with E-state index < -0.39 is 11.6 Å². The summed E-state index contributed by atoms with van der Waals surface area (Å²) in [4.78, 5) is 11.8. The Bertz CT molecular complexity index is 429. The first-order chi connectivity index (χ1) is 9.02. The number of hydrogen-bond acceptors (Lipinski definition) is 3. The molecule has 6 heteroatoms. The van der Waals surface area contributed by atoms with Crippen LogP contribution in [0.4, 0.5) is 8.78 Å². The quantitative estimate of drug-likeness (QED) is 0.757. The van der Waals surface area contributed by atoms with Crippen LogP contribution in [-0.4, -0.2) is 29.4 Å². The molecule has 2 N–H and O–H groups in total. The Labute approximate surface area is 115 Å². The van der Waals surface area contributed by atoms with Gasteiger partial charge in [0.25, 0.3) is 0 Å². The van der Waals surface area contributed by atoms with E-state index in [4.69, 9.17) is 5.11 Å². The van der Waals surface area contributed by atoms with Gasteiger partial charge in [0.1, 0.15) is 11.6 Å². The zero-order chi connectivity index (χ0) is 14.3. The molecule has 0 bridgehead atoms. The molecular formula is C13H17F2NO2S. The second-order valence-electron chi connectivity index (χ2n) is 4.20. The first-order valence-corrected chi connectivity index (χ1v) is 6.99. The zero-order valence-corrected chi connectivity index (χ0v) is 11.5. The number of nitrogens with one attached hydrogen (secondary N) is 1. The molecule has 19 heavy (non-hydrogen) atoms. The summed E-state index contributed by atoms with van der Waals surface area (Å²) in [5.74, 6) is -1.43. The number of carbonyl (C=O) groups excluding carboxylic acids is 1. The molecule has 0 spiro atoms.